The Balaban J connectivity index is 2.63. The first-order valence-corrected chi connectivity index (χ1v) is 4.76. The smallest absolute Gasteiger partial charge is 0.182 e. The lowest BCUT2D eigenvalue weighted by atomic mass is 9.89. The van der Waals surface area contributed by atoms with Gasteiger partial charge >= 0.3 is 0 Å². The molecule has 0 bridgehead atoms. The Morgan fingerprint density at radius 2 is 2.25 bits per heavy atom. The molecule has 0 aliphatic rings. The molecule has 0 atom stereocenters. The van der Waals surface area contributed by atoms with Crippen LogP contribution in [-0.2, 0) is 0 Å². The molecule has 1 aromatic rings. The van der Waals surface area contributed by atoms with Gasteiger partial charge in [-0.15, -0.1) is 0 Å². The van der Waals surface area contributed by atoms with Gasteiger partial charge in [-0.2, -0.15) is 4.37 Å². The van der Waals surface area contributed by atoms with Gasteiger partial charge in [0.1, 0.15) is 5.69 Å². The van der Waals surface area contributed by atoms with Crippen molar-refractivity contribution in [2.45, 2.75) is 27.2 Å². The molecule has 66 valence electrons. The highest BCUT2D eigenvalue weighted by Gasteiger charge is 2.18. The molecule has 0 saturated heterocycles. The maximum absolute atomic E-state index is 11.5. The molecular weight excluding hydrogens is 170 g/mol. The van der Waals surface area contributed by atoms with Crippen LogP contribution in [0.25, 0.3) is 0 Å². The highest BCUT2D eigenvalue weighted by atomic mass is 32.1. The van der Waals surface area contributed by atoms with Crippen LogP contribution < -0.4 is 0 Å². The van der Waals surface area contributed by atoms with Crippen molar-refractivity contribution >= 4 is 17.3 Å². The predicted molar refractivity (Wildman–Crippen MR) is 50.5 cm³/mol. The molecule has 3 heteroatoms. The predicted octanol–water partition coefficient (Wildman–Crippen LogP) is 2.76. The second kappa shape index (κ2) is 3.35. The second-order valence-corrected chi connectivity index (χ2v) is 4.71. The third kappa shape index (κ3) is 2.74. The van der Waals surface area contributed by atoms with Crippen LogP contribution in [0.15, 0.2) is 11.4 Å². The molecular formula is C9H13NOS. The highest BCUT2D eigenvalue weighted by molar-refractivity contribution is 7.03. The van der Waals surface area contributed by atoms with Crippen LogP contribution in [0.1, 0.15) is 37.7 Å². The van der Waals surface area contributed by atoms with E-state index in [2.05, 4.69) is 25.1 Å². The van der Waals surface area contributed by atoms with Gasteiger partial charge in [0, 0.05) is 11.8 Å². The van der Waals surface area contributed by atoms with Gasteiger partial charge in [-0.25, -0.2) is 0 Å². The minimum atomic E-state index is 0.0562. The van der Waals surface area contributed by atoms with Crippen LogP contribution in [0.3, 0.4) is 0 Å². The third-order valence-electron chi connectivity index (χ3n) is 1.41. The Hall–Kier alpha value is -0.700. The van der Waals surface area contributed by atoms with Crippen LogP contribution in [0.4, 0.5) is 0 Å². The first-order chi connectivity index (χ1) is 5.49. The van der Waals surface area contributed by atoms with E-state index < -0.39 is 0 Å². The number of hydrogen-bond acceptors (Lipinski definition) is 3. The number of rotatable bonds is 2. The summed E-state index contributed by atoms with van der Waals surface area (Å²) in [7, 11) is 0. The van der Waals surface area contributed by atoms with E-state index in [1.807, 2.05) is 5.38 Å². The van der Waals surface area contributed by atoms with Gasteiger partial charge in [-0.1, -0.05) is 20.8 Å². The van der Waals surface area contributed by atoms with Crippen molar-refractivity contribution in [3.8, 4) is 0 Å². The zero-order chi connectivity index (χ0) is 9.19. The zero-order valence-corrected chi connectivity index (χ0v) is 8.44. The van der Waals surface area contributed by atoms with E-state index in [0.29, 0.717) is 12.1 Å². The minimum absolute atomic E-state index is 0.0562. The van der Waals surface area contributed by atoms with Crippen molar-refractivity contribution in [1.29, 1.82) is 0 Å². The topological polar surface area (TPSA) is 30.0 Å². The van der Waals surface area contributed by atoms with E-state index in [9.17, 15) is 4.79 Å². The molecule has 1 aromatic heterocycles. The molecule has 2 nitrogen and oxygen atoms in total. The van der Waals surface area contributed by atoms with E-state index in [4.69, 9.17) is 0 Å². The number of aromatic nitrogens is 1. The standard InChI is InChI=1S/C9H13NOS/c1-9(2,3)6-8(11)7-4-5-12-10-7/h4-5H,6H2,1-3H3. The van der Waals surface area contributed by atoms with Gasteiger partial charge in [0.2, 0.25) is 0 Å². The van der Waals surface area contributed by atoms with E-state index in [1.165, 1.54) is 11.5 Å². The van der Waals surface area contributed by atoms with Gasteiger partial charge in [0.05, 0.1) is 0 Å². The van der Waals surface area contributed by atoms with Crippen LogP contribution >= 0.6 is 11.5 Å². The van der Waals surface area contributed by atoms with Gasteiger partial charge in [0.15, 0.2) is 5.78 Å². The van der Waals surface area contributed by atoms with Crippen LogP contribution in [0.5, 0.6) is 0 Å². The second-order valence-electron chi connectivity index (χ2n) is 4.05. The molecule has 12 heavy (non-hydrogen) atoms. The number of ketones is 1. The van der Waals surface area contributed by atoms with Gasteiger partial charge in [0.25, 0.3) is 0 Å². The summed E-state index contributed by atoms with van der Waals surface area (Å²) in [4.78, 5) is 11.5. The third-order valence-corrected chi connectivity index (χ3v) is 1.97. The van der Waals surface area contributed by atoms with Crippen LogP contribution in [0, 0.1) is 5.41 Å². The fourth-order valence-corrected chi connectivity index (χ4v) is 1.46. The Morgan fingerprint density at radius 1 is 1.58 bits per heavy atom. The van der Waals surface area contributed by atoms with Crippen molar-refractivity contribution in [2.75, 3.05) is 0 Å². The van der Waals surface area contributed by atoms with Gasteiger partial charge in [-0.3, -0.25) is 4.79 Å². The largest absolute Gasteiger partial charge is 0.292 e. The number of carbonyl (C=O) groups excluding carboxylic acids is 1. The summed E-state index contributed by atoms with van der Waals surface area (Å²) in [5.41, 5.74) is 0.663. The van der Waals surface area contributed by atoms with Crippen molar-refractivity contribution < 1.29 is 4.79 Å². The molecule has 0 aromatic carbocycles. The summed E-state index contributed by atoms with van der Waals surface area (Å²) in [6.45, 7) is 6.16. The summed E-state index contributed by atoms with van der Waals surface area (Å²) >= 11 is 1.32. The molecule has 0 aliphatic carbocycles. The first-order valence-electron chi connectivity index (χ1n) is 3.93. The lowest BCUT2D eigenvalue weighted by molar-refractivity contribution is 0.0936. The monoisotopic (exact) mass is 183 g/mol. The lowest BCUT2D eigenvalue weighted by Gasteiger charge is -2.15. The molecule has 0 fully saturated rings. The van der Waals surface area contributed by atoms with E-state index in [-0.39, 0.29) is 11.2 Å². The SMILES string of the molecule is CC(C)(C)CC(=O)c1ccsn1. The number of hydrogen-bond donors (Lipinski definition) is 0. The molecule has 0 radical (unpaired) electrons. The molecule has 1 rings (SSSR count). The molecule has 0 amide bonds. The molecule has 0 saturated carbocycles. The van der Waals surface area contributed by atoms with Crippen LogP contribution in [-0.4, -0.2) is 10.2 Å². The van der Waals surface area contributed by atoms with E-state index in [1.54, 1.807) is 6.07 Å². The average Bonchev–Trinajstić information content (AvgIpc) is 2.32. The van der Waals surface area contributed by atoms with Crippen LogP contribution in [0.2, 0.25) is 0 Å². The Labute approximate surface area is 76.8 Å². The van der Waals surface area contributed by atoms with E-state index >= 15 is 0 Å². The molecule has 0 N–H and O–H groups in total. The van der Waals surface area contributed by atoms with Crippen molar-refractivity contribution in [1.82, 2.24) is 4.37 Å². The summed E-state index contributed by atoms with van der Waals surface area (Å²) in [6, 6.07) is 1.78. The summed E-state index contributed by atoms with van der Waals surface area (Å²) in [5, 5.41) is 1.83. The summed E-state index contributed by atoms with van der Waals surface area (Å²) < 4.78 is 3.99. The maximum Gasteiger partial charge on any atom is 0.182 e. The summed E-state index contributed by atoms with van der Waals surface area (Å²) in [6.07, 6.45) is 0.566. The maximum atomic E-state index is 11.5. The Bertz CT molecular complexity index is 259. The Kier molecular flexibility index (Phi) is 2.62. The number of Topliss-reactive ketones (excluding diaryl/α,β-unsaturated/α-hetero) is 1. The highest BCUT2D eigenvalue weighted by Crippen LogP contribution is 2.21. The van der Waals surface area contributed by atoms with Gasteiger partial charge in [-0.05, 0) is 23.0 Å². The van der Waals surface area contributed by atoms with E-state index in [0.717, 1.165) is 0 Å². The fourth-order valence-electron chi connectivity index (χ4n) is 0.929. The Morgan fingerprint density at radius 3 is 2.67 bits per heavy atom. The lowest BCUT2D eigenvalue weighted by Crippen LogP contribution is -2.13. The summed E-state index contributed by atoms with van der Waals surface area (Å²) in [5.74, 6) is 0.142. The van der Waals surface area contributed by atoms with Crippen molar-refractivity contribution in [3.05, 3.63) is 17.1 Å². The number of carbonyl (C=O) groups is 1. The van der Waals surface area contributed by atoms with Gasteiger partial charge < -0.3 is 0 Å². The molecule has 0 unspecified atom stereocenters. The fraction of sp³-hybridized carbons (Fsp3) is 0.556. The normalized spacial score (nSPS) is 11.6. The van der Waals surface area contributed by atoms with Crippen molar-refractivity contribution in [3.63, 3.8) is 0 Å². The zero-order valence-electron chi connectivity index (χ0n) is 7.63. The first kappa shape index (κ1) is 9.39. The minimum Gasteiger partial charge on any atom is -0.292 e. The number of nitrogens with zero attached hydrogens (tertiary/aromatic N) is 1. The molecule has 0 aliphatic heterocycles. The quantitative estimate of drug-likeness (QED) is 0.660. The van der Waals surface area contributed by atoms with Crippen molar-refractivity contribution in [2.24, 2.45) is 5.41 Å². The molecule has 0 spiro atoms. The average molecular weight is 183 g/mol. The molecule has 1 heterocycles.